The zero-order valence-electron chi connectivity index (χ0n) is 25.7. The lowest BCUT2D eigenvalue weighted by molar-refractivity contribution is -0.187. The number of hydrogen-bond donors (Lipinski definition) is 1. The second kappa shape index (κ2) is 14.8. The molecular formula is C33H51F3N2O5. The molecule has 3 unspecified atom stereocenters. The van der Waals surface area contributed by atoms with Crippen molar-refractivity contribution in [3.8, 4) is 0 Å². The standard InChI is InChI=1S/C33H51F3N2O5/c1-24(8-14-33(34,35)36)11-15-37-16-18-38(19-17-37)31(40)26-2-5-29(6-3-26)43-30-7-4-27(22-28(30)23-39)25-9-12-32(13-10-25)41-20-21-42-32/h8,11,14,25-30,39H,2-7,9-10,12-13,15-23H2,1H3/b14-8+,24-11+. The van der Waals surface area contributed by atoms with Crippen molar-refractivity contribution in [3.05, 3.63) is 23.8 Å². The Kier molecular flexibility index (Phi) is 11.3. The van der Waals surface area contributed by atoms with E-state index in [1.807, 2.05) is 4.90 Å². The minimum Gasteiger partial charge on any atom is -0.396 e. The Labute approximate surface area is 254 Å². The van der Waals surface area contributed by atoms with E-state index in [9.17, 15) is 23.1 Å². The van der Waals surface area contributed by atoms with Gasteiger partial charge in [-0.2, -0.15) is 13.2 Å². The number of aliphatic hydroxyl groups excluding tert-OH is 1. The summed E-state index contributed by atoms with van der Waals surface area (Å²) in [6, 6.07) is 0. The molecule has 3 atom stereocenters. The SMILES string of the molecule is CC(/C=C/C(F)(F)F)=C\CN1CCN(C(=O)C2CCC(OC3CCC(C4CCC5(CC4)OCCO5)CC3CO)CC2)CC1. The van der Waals surface area contributed by atoms with E-state index in [2.05, 4.69) is 4.90 Å². The summed E-state index contributed by atoms with van der Waals surface area (Å²) in [6.07, 6.45) is 10.0. The van der Waals surface area contributed by atoms with Crippen molar-refractivity contribution in [2.45, 2.75) is 102 Å². The molecule has 0 radical (unpaired) electrons. The second-order valence-electron chi connectivity index (χ2n) is 13.6. The zero-order valence-corrected chi connectivity index (χ0v) is 25.7. The molecule has 3 aliphatic carbocycles. The second-order valence-corrected chi connectivity index (χ2v) is 13.6. The molecule has 244 valence electrons. The van der Waals surface area contributed by atoms with Gasteiger partial charge in [-0.1, -0.05) is 17.7 Å². The van der Waals surface area contributed by atoms with Crippen LogP contribution in [0.15, 0.2) is 23.8 Å². The minimum atomic E-state index is -4.30. The van der Waals surface area contributed by atoms with Gasteiger partial charge < -0.3 is 24.2 Å². The van der Waals surface area contributed by atoms with E-state index in [0.29, 0.717) is 50.3 Å². The van der Waals surface area contributed by atoms with E-state index in [4.69, 9.17) is 14.2 Å². The van der Waals surface area contributed by atoms with Gasteiger partial charge in [-0.25, -0.2) is 0 Å². The van der Waals surface area contributed by atoms with Crippen LogP contribution in [0.4, 0.5) is 13.2 Å². The summed E-state index contributed by atoms with van der Waals surface area (Å²) in [7, 11) is 0. The number of carbonyl (C=O) groups is 1. The third-order valence-corrected chi connectivity index (χ3v) is 10.7. The highest BCUT2D eigenvalue weighted by Gasteiger charge is 2.44. The molecule has 1 amide bonds. The van der Waals surface area contributed by atoms with Crippen molar-refractivity contribution in [3.63, 3.8) is 0 Å². The molecule has 1 N–H and O–H groups in total. The number of carbonyl (C=O) groups excluding carboxylic acids is 1. The molecule has 7 nitrogen and oxygen atoms in total. The summed E-state index contributed by atoms with van der Waals surface area (Å²) in [5, 5.41) is 10.2. The Hall–Kier alpha value is -1.46. The van der Waals surface area contributed by atoms with Gasteiger partial charge in [-0.3, -0.25) is 9.69 Å². The van der Waals surface area contributed by atoms with Gasteiger partial charge in [0.05, 0.1) is 25.4 Å². The number of nitrogens with zero attached hydrogens (tertiary/aromatic N) is 2. The maximum atomic E-state index is 13.3. The highest BCUT2D eigenvalue weighted by Crippen LogP contribution is 2.46. The molecule has 2 heterocycles. The number of amides is 1. The summed E-state index contributed by atoms with van der Waals surface area (Å²) in [6.45, 7) is 6.62. The molecule has 0 bridgehead atoms. The Morgan fingerprint density at radius 1 is 0.953 bits per heavy atom. The smallest absolute Gasteiger partial charge is 0.396 e. The van der Waals surface area contributed by atoms with Crippen LogP contribution in [0.2, 0.25) is 0 Å². The number of allylic oxidation sites excluding steroid dienone is 3. The molecule has 0 aromatic heterocycles. The number of ether oxygens (including phenoxy) is 3. The van der Waals surface area contributed by atoms with Crippen molar-refractivity contribution in [1.82, 2.24) is 9.80 Å². The number of piperazine rings is 1. The molecule has 43 heavy (non-hydrogen) atoms. The van der Waals surface area contributed by atoms with Gasteiger partial charge in [-0.05, 0) is 76.5 Å². The molecule has 2 saturated heterocycles. The van der Waals surface area contributed by atoms with Crippen LogP contribution in [0.5, 0.6) is 0 Å². The molecule has 2 aliphatic heterocycles. The lowest BCUT2D eigenvalue weighted by Crippen LogP contribution is -2.50. The Morgan fingerprint density at radius 3 is 2.26 bits per heavy atom. The average Bonchev–Trinajstić information content (AvgIpc) is 3.47. The number of hydrogen-bond acceptors (Lipinski definition) is 6. The number of rotatable bonds is 8. The largest absolute Gasteiger partial charge is 0.409 e. The van der Waals surface area contributed by atoms with Crippen LogP contribution in [0.25, 0.3) is 0 Å². The highest BCUT2D eigenvalue weighted by atomic mass is 19.4. The Bertz CT molecular complexity index is 956. The molecule has 5 fully saturated rings. The summed E-state index contributed by atoms with van der Waals surface area (Å²) in [4.78, 5) is 17.4. The quantitative estimate of drug-likeness (QED) is 0.366. The topological polar surface area (TPSA) is 71.5 Å². The van der Waals surface area contributed by atoms with Crippen LogP contribution in [0.1, 0.15) is 77.6 Å². The maximum Gasteiger partial charge on any atom is 0.409 e. The predicted molar refractivity (Wildman–Crippen MR) is 157 cm³/mol. The molecule has 10 heteroatoms. The first-order valence-electron chi connectivity index (χ1n) is 16.6. The van der Waals surface area contributed by atoms with Crippen molar-refractivity contribution in [2.24, 2.45) is 23.7 Å². The van der Waals surface area contributed by atoms with Crippen LogP contribution in [0.3, 0.4) is 0 Å². The van der Waals surface area contributed by atoms with Crippen molar-refractivity contribution >= 4 is 5.91 Å². The Balaban J connectivity index is 0.995. The van der Waals surface area contributed by atoms with Gasteiger partial charge in [0.15, 0.2) is 5.79 Å². The normalized spacial score (nSPS) is 33.5. The molecule has 0 aromatic rings. The summed E-state index contributed by atoms with van der Waals surface area (Å²) in [5.41, 5.74) is 0.584. The van der Waals surface area contributed by atoms with Crippen LogP contribution in [0, 0.1) is 23.7 Å². The molecule has 0 aromatic carbocycles. The van der Waals surface area contributed by atoms with Gasteiger partial charge >= 0.3 is 6.18 Å². The number of alkyl halides is 3. The molecule has 5 aliphatic rings. The fourth-order valence-electron chi connectivity index (χ4n) is 8.08. The van der Waals surface area contributed by atoms with Crippen molar-refractivity contribution in [1.29, 1.82) is 0 Å². The van der Waals surface area contributed by atoms with E-state index in [1.54, 1.807) is 13.0 Å². The summed E-state index contributed by atoms with van der Waals surface area (Å²) in [5.74, 6) is 1.44. The van der Waals surface area contributed by atoms with Crippen LogP contribution in [-0.4, -0.2) is 97.5 Å². The van der Waals surface area contributed by atoms with Crippen LogP contribution < -0.4 is 0 Å². The lowest BCUT2D eigenvalue weighted by Gasteiger charge is -2.44. The van der Waals surface area contributed by atoms with Crippen LogP contribution in [-0.2, 0) is 19.0 Å². The van der Waals surface area contributed by atoms with Gasteiger partial charge in [-0.15, -0.1) is 0 Å². The molecular weight excluding hydrogens is 561 g/mol. The lowest BCUT2D eigenvalue weighted by atomic mass is 9.68. The maximum absolute atomic E-state index is 13.3. The molecule has 3 saturated carbocycles. The first-order valence-corrected chi connectivity index (χ1v) is 16.6. The minimum absolute atomic E-state index is 0.0350. The van der Waals surface area contributed by atoms with E-state index >= 15 is 0 Å². The third kappa shape index (κ3) is 9.06. The van der Waals surface area contributed by atoms with Gasteiger partial charge in [0.1, 0.15) is 0 Å². The first kappa shape index (κ1) is 32.9. The van der Waals surface area contributed by atoms with Gasteiger partial charge in [0.25, 0.3) is 0 Å². The van der Waals surface area contributed by atoms with Gasteiger partial charge in [0.2, 0.25) is 5.91 Å². The average molecular weight is 613 g/mol. The summed E-state index contributed by atoms with van der Waals surface area (Å²) >= 11 is 0. The van der Waals surface area contributed by atoms with Gasteiger partial charge in [0, 0.05) is 70.1 Å². The van der Waals surface area contributed by atoms with E-state index in [0.717, 1.165) is 89.8 Å². The molecule has 1 spiro atoms. The fraction of sp³-hybridized carbons (Fsp3) is 0.848. The fourth-order valence-corrected chi connectivity index (χ4v) is 8.08. The van der Waals surface area contributed by atoms with E-state index < -0.39 is 6.18 Å². The number of halogens is 3. The monoisotopic (exact) mass is 612 g/mol. The zero-order chi connectivity index (χ0) is 30.5. The summed E-state index contributed by atoms with van der Waals surface area (Å²) < 4.78 is 55.5. The number of aliphatic hydroxyl groups is 1. The van der Waals surface area contributed by atoms with Crippen molar-refractivity contribution in [2.75, 3.05) is 52.5 Å². The first-order chi connectivity index (χ1) is 20.6. The van der Waals surface area contributed by atoms with E-state index in [1.165, 1.54) is 0 Å². The third-order valence-electron chi connectivity index (χ3n) is 10.7. The van der Waals surface area contributed by atoms with E-state index in [-0.39, 0.29) is 48.4 Å². The highest BCUT2D eigenvalue weighted by molar-refractivity contribution is 5.79. The molecule has 5 rings (SSSR count). The predicted octanol–water partition coefficient (Wildman–Crippen LogP) is 5.48. The van der Waals surface area contributed by atoms with Crippen LogP contribution >= 0.6 is 0 Å². The van der Waals surface area contributed by atoms with Crippen molar-refractivity contribution < 1.29 is 37.3 Å². The Morgan fingerprint density at radius 2 is 1.63 bits per heavy atom.